The zero-order chi connectivity index (χ0) is 51.3. The van der Waals surface area contributed by atoms with Gasteiger partial charge in [0.25, 0.3) is 0 Å². The number of methoxy groups -OCH3 is 2. The number of likely N-dealkylation sites (tertiary alicyclic amines) is 2. The van der Waals surface area contributed by atoms with Gasteiger partial charge in [0.2, 0.25) is 18.0 Å². The van der Waals surface area contributed by atoms with Gasteiger partial charge in [0.15, 0.2) is 0 Å². The highest BCUT2D eigenvalue weighted by Crippen LogP contribution is 2.48. The van der Waals surface area contributed by atoms with Gasteiger partial charge in [0, 0.05) is 35.0 Å². The van der Waals surface area contributed by atoms with Crippen LogP contribution in [0.3, 0.4) is 0 Å². The number of fused-ring (bicyclic) bond motifs is 5. The fourth-order valence-electron chi connectivity index (χ4n) is 9.82. The number of nitrogens with one attached hydrogen (secondary N) is 4. The summed E-state index contributed by atoms with van der Waals surface area (Å²) in [4.78, 5) is 70.5. The Bertz CT molecular complexity index is 3020. The van der Waals surface area contributed by atoms with E-state index in [1.165, 1.54) is 43.5 Å². The van der Waals surface area contributed by atoms with Crippen molar-refractivity contribution < 1.29 is 60.1 Å². The van der Waals surface area contributed by atoms with E-state index in [0.717, 1.165) is 18.6 Å². The van der Waals surface area contributed by atoms with Gasteiger partial charge in [-0.1, -0.05) is 33.8 Å². The summed E-state index contributed by atoms with van der Waals surface area (Å²) >= 11 is 0. The Morgan fingerprint density at radius 1 is 0.792 bits per heavy atom. The van der Waals surface area contributed by atoms with E-state index in [2.05, 4.69) is 35.3 Å². The maximum atomic E-state index is 16.9. The molecule has 0 spiro atoms. The lowest BCUT2D eigenvalue weighted by Gasteiger charge is -2.31. The van der Waals surface area contributed by atoms with Crippen LogP contribution in [0.5, 0.6) is 11.5 Å². The van der Waals surface area contributed by atoms with E-state index >= 15 is 8.78 Å². The van der Waals surface area contributed by atoms with Crippen LogP contribution in [0, 0.1) is 17.7 Å². The number of alkyl halides is 4. The van der Waals surface area contributed by atoms with Crippen LogP contribution < -0.4 is 20.1 Å². The van der Waals surface area contributed by atoms with E-state index in [9.17, 15) is 32.3 Å². The van der Waals surface area contributed by atoms with Gasteiger partial charge >= 0.3 is 18.5 Å². The fourth-order valence-corrected chi connectivity index (χ4v) is 9.82. The normalized spacial score (nSPS) is 19.5. The van der Waals surface area contributed by atoms with Gasteiger partial charge in [-0.05, 0) is 79.3 Å². The molecular formula is C50H52F5N9O8. The lowest BCUT2D eigenvalue weighted by Crippen LogP contribution is -2.51. The molecule has 2 fully saturated rings. The van der Waals surface area contributed by atoms with Gasteiger partial charge < -0.3 is 53.9 Å². The number of carbonyl (C=O) groups is 4. The average molecular weight is 1000 g/mol. The zero-order valence-electron chi connectivity index (χ0n) is 40.0. The second kappa shape index (κ2) is 19.5. The van der Waals surface area contributed by atoms with Gasteiger partial charge in [0.1, 0.15) is 47.2 Å². The van der Waals surface area contributed by atoms with Crippen molar-refractivity contribution >= 4 is 34.9 Å². The molecule has 22 heteroatoms. The van der Waals surface area contributed by atoms with Crippen molar-refractivity contribution in [3.63, 3.8) is 0 Å². The number of aromatic amines is 2. The summed E-state index contributed by atoms with van der Waals surface area (Å²) in [6, 6.07) is 12.4. The minimum absolute atomic E-state index is 0.0811. The number of rotatable bonds is 12. The highest BCUT2D eigenvalue weighted by atomic mass is 19.4. The Kier molecular flexibility index (Phi) is 13.4. The fraction of sp³-hybridized carbons (Fsp3) is 0.400. The smallest absolute Gasteiger partial charge is 0.465 e. The number of hydrogen-bond donors (Lipinski definition) is 4. The van der Waals surface area contributed by atoms with Crippen molar-refractivity contribution in [1.29, 1.82) is 0 Å². The van der Waals surface area contributed by atoms with E-state index in [-0.39, 0.29) is 53.9 Å². The monoisotopic (exact) mass is 1000 g/mol. The number of carbonyl (C=O) groups excluding carboxylic acids is 4. The van der Waals surface area contributed by atoms with Gasteiger partial charge in [-0.3, -0.25) is 9.59 Å². The first kappa shape index (κ1) is 49.3. The van der Waals surface area contributed by atoms with Crippen molar-refractivity contribution in [2.45, 2.75) is 89.9 Å². The van der Waals surface area contributed by atoms with Gasteiger partial charge in [-0.25, -0.2) is 28.3 Å². The molecule has 0 bridgehead atoms. The minimum atomic E-state index is -4.93. The molecule has 3 aromatic carbocycles. The summed E-state index contributed by atoms with van der Waals surface area (Å²) < 4.78 is 93.5. The number of amides is 4. The topological polar surface area (TPSA) is 198 Å². The molecule has 3 aromatic heterocycles. The number of nitrogens with zero attached hydrogens (tertiary/aromatic N) is 5. The van der Waals surface area contributed by atoms with Crippen molar-refractivity contribution in [1.82, 2.24) is 44.9 Å². The lowest BCUT2D eigenvalue weighted by molar-refractivity contribution is -0.274. The first-order valence-electron chi connectivity index (χ1n) is 23.4. The Labute approximate surface area is 409 Å². The second-order valence-electron chi connectivity index (χ2n) is 18.7. The predicted octanol–water partition coefficient (Wildman–Crippen LogP) is 9.10. The average Bonchev–Trinajstić information content (AvgIpc) is 4.20. The van der Waals surface area contributed by atoms with Crippen molar-refractivity contribution in [3.05, 3.63) is 96.1 Å². The molecule has 0 saturated carbocycles. The van der Waals surface area contributed by atoms with Crippen LogP contribution in [0.15, 0.2) is 73.1 Å². The molecule has 9 rings (SSSR count). The third kappa shape index (κ3) is 9.60. The number of ether oxygens (including phenoxy) is 4. The summed E-state index contributed by atoms with van der Waals surface area (Å²) in [6.45, 7) is 7.37. The summed E-state index contributed by atoms with van der Waals surface area (Å²) in [5, 5.41) is 5.85. The zero-order valence-corrected chi connectivity index (χ0v) is 40.0. The molecule has 6 heterocycles. The number of alkyl carbamates (subject to hydrolysis) is 2. The Morgan fingerprint density at radius 2 is 1.40 bits per heavy atom. The van der Waals surface area contributed by atoms with Crippen LogP contribution in [0.2, 0.25) is 0 Å². The summed E-state index contributed by atoms with van der Waals surface area (Å²) in [7, 11) is 2.41. The number of imidazole rings is 2. The maximum absolute atomic E-state index is 16.9. The SMILES string of the molecule is COC(=O)N[C@H](C(=O)N1CCC[C@H]1c1ncc(-c2ccc3c(c2)cc2n3C(c3ccc(OC(F)(F)F)cc3)Oc3cc(-c4cnc([C@@H]5C[C@@H](F)CN5C(=O)[C@@H](NC(=O)OC)C(C)C)[nH]4)cc(F)c3-2)[nH]1)C(C)C. The van der Waals surface area contributed by atoms with Crippen LogP contribution in [0.4, 0.5) is 31.5 Å². The molecule has 0 radical (unpaired) electrons. The molecule has 1 unspecified atom stereocenters. The number of aromatic nitrogens is 5. The first-order chi connectivity index (χ1) is 34.3. The number of halogens is 5. The third-order valence-electron chi connectivity index (χ3n) is 13.3. The molecule has 4 amide bonds. The molecule has 380 valence electrons. The molecule has 72 heavy (non-hydrogen) atoms. The molecule has 6 aromatic rings. The van der Waals surface area contributed by atoms with Gasteiger partial charge in [-0.2, -0.15) is 0 Å². The van der Waals surface area contributed by atoms with Crippen molar-refractivity contribution in [3.8, 4) is 45.3 Å². The van der Waals surface area contributed by atoms with Crippen LogP contribution in [0.1, 0.15) is 82.5 Å². The summed E-state index contributed by atoms with van der Waals surface area (Å²) in [5.74, 6) is -1.59. The largest absolute Gasteiger partial charge is 0.573 e. The molecule has 3 aliphatic heterocycles. The molecular weight excluding hydrogens is 950 g/mol. The van der Waals surface area contributed by atoms with E-state index in [1.807, 2.05) is 32.0 Å². The predicted molar refractivity (Wildman–Crippen MR) is 250 cm³/mol. The molecule has 6 atom stereocenters. The third-order valence-corrected chi connectivity index (χ3v) is 13.3. The molecule has 0 aliphatic carbocycles. The highest BCUT2D eigenvalue weighted by Gasteiger charge is 2.43. The Morgan fingerprint density at radius 3 is 2.01 bits per heavy atom. The highest BCUT2D eigenvalue weighted by molar-refractivity contribution is 5.93. The van der Waals surface area contributed by atoms with Crippen molar-refractivity contribution in [2.75, 3.05) is 27.3 Å². The van der Waals surface area contributed by atoms with E-state index in [1.54, 1.807) is 41.6 Å². The summed E-state index contributed by atoms with van der Waals surface area (Å²) in [6.07, 6.45) is -4.48. The van der Waals surface area contributed by atoms with Gasteiger partial charge in [0.05, 0.1) is 73.4 Å². The lowest BCUT2D eigenvalue weighted by atomic mass is 10.0. The number of hydrogen-bond acceptors (Lipinski definition) is 10. The molecule has 17 nitrogen and oxygen atoms in total. The van der Waals surface area contributed by atoms with E-state index in [0.29, 0.717) is 63.5 Å². The molecule has 2 saturated heterocycles. The first-order valence-corrected chi connectivity index (χ1v) is 23.4. The summed E-state index contributed by atoms with van der Waals surface area (Å²) in [5.41, 5.74) is 3.49. The Balaban J connectivity index is 1.05. The van der Waals surface area contributed by atoms with Crippen LogP contribution in [-0.4, -0.2) is 110 Å². The van der Waals surface area contributed by atoms with Crippen molar-refractivity contribution in [2.24, 2.45) is 11.8 Å². The molecule has 4 N–H and O–H groups in total. The number of H-pyrrole nitrogens is 2. The number of benzene rings is 3. The van der Waals surface area contributed by atoms with Gasteiger partial charge in [-0.15, -0.1) is 13.2 Å². The minimum Gasteiger partial charge on any atom is -0.465 e. The Hall–Kier alpha value is -7.65. The second-order valence-corrected chi connectivity index (χ2v) is 18.7. The maximum Gasteiger partial charge on any atom is 0.573 e. The van der Waals surface area contributed by atoms with Crippen LogP contribution in [-0.2, 0) is 19.1 Å². The van der Waals surface area contributed by atoms with E-state index in [4.69, 9.17) is 14.2 Å². The molecule has 3 aliphatic rings. The van der Waals surface area contributed by atoms with E-state index < -0.39 is 66.5 Å². The quantitative estimate of drug-likeness (QED) is 0.0858. The van der Waals surface area contributed by atoms with Crippen LogP contribution in [0.25, 0.3) is 44.7 Å². The van der Waals surface area contributed by atoms with Crippen LogP contribution >= 0.6 is 0 Å². The standard InChI is InChI=1S/C50H52F5N9O8/c1-24(2)41(60-48(67)69-5)45(65)62-15-7-8-36(62)43-56-21-33(58-43)27-11-14-35-29(16-27)18-37-40-32(52)17-28(19-39(40)71-47(64(35)37)26-9-12-31(13-10-26)72-50(53,54)55)34-22-57-44(59-34)38-20-30(51)23-63(38)46(66)42(25(3)4)61-49(68)70-6/h9-14,16-19,21-22,24-25,30,36,38,41-42,47H,7-8,15,20,23H2,1-6H3,(H,56,58)(H,57,59)(H,60,67)(H,61,68)/t30-,36+,38+,41+,42+,47?/m1/s1.